The molecular weight excluding hydrogens is 432 g/mol. The van der Waals surface area contributed by atoms with Crippen LogP contribution in [-0.4, -0.2) is 44.4 Å². The topological polar surface area (TPSA) is 116 Å². The molecule has 2 N–H and O–H groups in total. The van der Waals surface area contributed by atoms with Crippen LogP contribution in [0.1, 0.15) is 45.6 Å². The van der Waals surface area contributed by atoms with Crippen LogP contribution in [-0.2, 0) is 10.3 Å². The first kappa shape index (κ1) is 23.4. The minimum Gasteiger partial charge on any atom is -0.444 e. The highest BCUT2D eigenvalue weighted by Crippen LogP contribution is 2.37. The van der Waals surface area contributed by atoms with Gasteiger partial charge >= 0.3 is 6.09 Å². The van der Waals surface area contributed by atoms with Crippen LogP contribution in [0.25, 0.3) is 10.9 Å². The third-order valence-electron chi connectivity index (χ3n) is 6.12. The minimum absolute atomic E-state index is 0.211. The molecule has 3 heterocycles. The number of benzene rings is 1. The number of carbonyl (C=O) groups excluding carboxylic acids is 1. The van der Waals surface area contributed by atoms with E-state index in [1.807, 2.05) is 62.7 Å². The molecule has 0 bridgehead atoms. The van der Waals surface area contributed by atoms with E-state index in [-0.39, 0.29) is 18.1 Å². The van der Waals surface area contributed by atoms with Gasteiger partial charge in [-0.2, -0.15) is 10.4 Å². The summed E-state index contributed by atoms with van der Waals surface area (Å²) in [6.07, 6.45) is 2.49. The number of rotatable bonds is 4. The van der Waals surface area contributed by atoms with Crippen molar-refractivity contribution in [1.29, 1.82) is 5.26 Å². The molecular formula is C25H30N6O3. The van der Waals surface area contributed by atoms with Crippen molar-refractivity contribution in [2.24, 2.45) is 0 Å². The number of nitriles is 1. The van der Waals surface area contributed by atoms with E-state index in [0.717, 1.165) is 11.3 Å². The molecule has 1 aromatic carbocycles. The average Bonchev–Trinajstić information content (AvgIpc) is 3.15. The Labute approximate surface area is 198 Å². The molecule has 1 amide bonds. The van der Waals surface area contributed by atoms with E-state index in [4.69, 9.17) is 9.84 Å². The summed E-state index contributed by atoms with van der Waals surface area (Å²) in [5.74, 6) is 0.438. The van der Waals surface area contributed by atoms with Crippen molar-refractivity contribution in [1.82, 2.24) is 19.7 Å². The number of carbonyl (C=O) groups is 1. The van der Waals surface area contributed by atoms with Gasteiger partial charge in [0.15, 0.2) is 5.82 Å². The molecule has 1 aliphatic rings. The van der Waals surface area contributed by atoms with Gasteiger partial charge < -0.3 is 19.9 Å². The lowest BCUT2D eigenvalue weighted by Crippen LogP contribution is -2.49. The molecule has 1 aliphatic heterocycles. The van der Waals surface area contributed by atoms with Crippen molar-refractivity contribution in [3.05, 3.63) is 52.4 Å². The molecule has 1 fully saturated rings. The Morgan fingerprint density at radius 1 is 1.24 bits per heavy atom. The van der Waals surface area contributed by atoms with Crippen molar-refractivity contribution in [3.63, 3.8) is 0 Å². The fourth-order valence-electron chi connectivity index (χ4n) is 4.34. The molecule has 0 spiro atoms. The second kappa shape index (κ2) is 8.86. The SMILES string of the molecule is Cc1ccc(Nc2nn(C3(CC#N)CCN(C(=O)OC(C)(C)C)CC3)c3cc[nH]c(=O)c23)cc1. The summed E-state index contributed by atoms with van der Waals surface area (Å²) >= 11 is 0. The van der Waals surface area contributed by atoms with Crippen molar-refractivity contribution in [2.75, 3.05) is 18.4 Å². The molecule has 34 heavy (non-hydrogen) atoms. The van der Waals surface area contributed by atoms with E-state index in [9.17, 15) is 14.9 Å². The Balaban J connectivity index is 1.70. The number of fused-ring (bicyclic) bond motifs is 1. The molecule has 0 unspecified atom stereocenters. The van der Waals surface area contributed by atoms with E-state index in [2.05, 4.69) is 16.4 Å². The number of hydrogen-bond acceptors (Lipinski definition) is 6. The first-order valence-corrected chi connectivity index (χ1v) is 11.4. The molecule has 0 saturated carbocycles. The van der Waals surface area contributed by atoms with E-state index in [0.29, 0.717) is 42.7 Å². The molecule has 9 heteroatoms. The van der Waals surface area contributed by atoms with Gasteiger partial charge in [-0.3, -0.25) is 9.48 Å². The van der Waals surface area contributed by atoms with Gasteiger partial charge in [0, 0.05) is 25.0 Å². The van der Waals surface area contributed by atoms with Gasteiger partial charge in [0.25, 0.3) is 5.56 Å². The Morgan fingerprint density at radius 3 is 2.53 bits per heavy atom. The average molecular weight is 463 g/mol. The number of ether oxygens (including phenoxy) is 1. The standard InChI is InChI=1S/C25H30N6O3/c1-17-5-7-18(8-6-17)28-21-20-19(9-14-27-22(20)32)31(29-21)25(10-13-26)11-15-30(16-12-25)23(33)34-24(2,3)4/h5-9,14H,10-12,15-16H2,1-4H3,(H,27,32)(H,28,29). The van der Waals surface area contributed by atoms with Crippen molar-refractivity contribution < 1.29 is 9.53 Å². The minimum atomic E-state index is -0.646. The molecule has 1 saturated heterocycles. The molecule has 3 aromatic rings. The summed E-state index contributed by atoms with van der Waals surface area (Å²) in [4.78, 5) is 29.8. The van der Waals surface area contributed by atoms with Crippen LogP contribution < -0.4 is 10.9 Å². The normalized spacial score (nSPS) is 15.7. The number of amides is 1. The third kappa shape index (κ3) is 4.62. The van der Waals surface area contributed by atoms with Gasteiger partial charge in [-0.1, -0.05) is 17.7 Å². The number of H-pyrrole nitrogens is 1. The Kier molecular flexibility index (Phi) is 6.09. The van der Waals surface area contributed by atoms with E-state index in [1.165, 1.54) is 0 Å². The zero-order chi connectivity index (χ0) is 24.5. The highest BCUT2D eigenvalue weighted by atomic mass is 16.6. The number of nitrogens with zero attached hydrogens (tertiary/aromatic N) is 4. The summed E-state index contributed by atoms with van der Waals surface area (Å²) in [5.41, 5.74) is 1.12. The summed E-state index contributed by atoms with van der Waals surface area (Å²) in [6, 6.07) is 11.9. The van der Waals surface area contributed by atoms with Gasteiger partial charge in [0.05, 0.1) is 23.5 Å². The number of aromatic nitrogens is 3. The van der Waals surface area contributed by atoms with Crippen LogP contribution >= 0.6 is 0 Å². The van der Waals surface area contributed by atoms with Gasteiger partial charge in [-0.25, -0.2) is 4.79 Å². The van der Waals surface area contributed by atoms with Crippen LogP contribution in [0.15, 0.2) is 41.3 Å². The number of nitrogens with one attached hydrogen (secondary N) is 2. The maximum absolute atomic E-state index is 12.8. The lowest BCUT2D eigenvalue weighted by Gasteiger charge is -2.41. The van der Waals surface area contributed by atoms with Crippen molar-refractivity contribution in [2.45, 2.75) is 58.1 Å². The summed E-state index contributed by atoms with van der Waals surface area (Å²) in [5, 5.41) is 18.2. The highest BCUT2D eigenvalue weighted by molar-refractivity contribution is 5.91. The molecule has 0 radical (unpaired) electrons. The second-order valence-corrected chi connectivity index (χ2v) is 9.85. The molecule has 9 nitrogen and oxygen atoms in total. The maximum atomic E-state index is 12.8. The molecule has 178 valence electrons. The number of aryl methyl sites for hydroxylation is 1. The first-order chi connectivity index (χ1) is 16.1. The van der Waals surface area contributed by atoms with E-state index in [1.54, 1.807) is 11.1 Å². The largest absolute Gasteiger partial charge is 0.444 e. The number of pyridine rings is 1. The van der Waals surface area contributed by atoms with Gasteiger partial charge in [0.1, 0.15) is 11.0 Å². The maximum Gasteiger partial charge on any atom is 0.410 e. The zero-order valence-electron chi connectivity index (χ0n) is 20.0. The highest BCUT2D eigenvalue weighted by Gasteiger charge is 2.41. The number of anilines is 2. The molecule has 4 rings (SSSR count). The van der Waals surface area contributed by atoms with Crippen LogP contribution in [0.5, 0.6) is 0 Å². The Bertz CT molecular complexity index is 1290. The lowest BCUT2D eigenvalue weighted by atomic mass is 9.85. The zero-order valence-corrected chi connectivity index (χ0v) is 20.0. The van der Waals surface area contributed by atoms with Crippen molar-refractivity contribution in [3.8, 4) is 6.07 Å². The van der Waals surface area contributed by atoms with Crippen LogP contribution in [0.3, 0.4) is 0 Å². The van der Waals surface area contributed by atoms with E-state index < -0.39 is 11.1 Å². The van der Waals surface area contributed by atoms with Crippen molar-refractivity contribution >= 4 is 28.5 Å². The third-order valence-corrected chi connectivity index (χ3v) is 6.12. The molecule has 2 aromatic heterocycles. The fraction of sp³-hybridized carbons (Fsp3) is 0.440. The predicted octanol–water partition coefficient (Wildman–Crippen LogP) is 4.42. The Hall–Kier alpha value is -3.80. The second-order valence-electron chi connectivity index (χ2n) is 9.85. The Morgan fingerprint density at radius 2 is 1.91 bits per heavy atom. The van der Waals surface area contributed by atoms with Gasteiger partial charge in [-0.05, 0) is 58.7 Å². The summed E-state index contributed by atoms with van der Waals surface area (Å²) in [7, 11) is 0. The molecule has 0 atom stereocenters. The summed E-state index contributed by atoms with van der Waals surface area (Å²) in [6.45, 7) is 8.39. The number of likely N-dealkylation sites (tertiary alicyclic amines) is 1. The lowest BCUT2D eigenvalue weighted by molar-refractivity contribution is 0.0110. The number of hydrogen-bond donors (Lipinski definition) is 2. The smallest absolute Gasteiger partial charge is 0.410 e. The fourth-order valence-corrected chi connectivity index (χ4v) is 4.34. The quantitative estimate of drug-likeness (QED) is 0.593. The van der Waals surface area contributed by atoms with E-state index >= 15 is 0 Å². The first-order valence-electron chi connectivity index (χ1n) is 11.4. The van der Waals surface area contributed by atoms with Crippen LogP contribution in [0.4, 0.5) is 16.3 Å². The van der Waals surface area contributed by atoms with Gasteiger partial charge in [0.2, 0.25) is 0 Å². The van der Waals surface area contributed by atoms with Crippen LogP contribution in [0.2, 0.25) is 0 Å². The number of piperidine rings is 1. The molecule has 0 aliphatic carbocycles. The van der Waals surface area contributed by atoms with Gasteiger partial charge in [-0.15, -0.1) is 0 Å². The predicted molar refractivity (Wildman–Crippen MR) is 130 cm³/mol. The van der Waals surface area contributed by atoms with Crippen LogP contribution in [0, 0.1) is 18.3 Å². The monoisotopic (exact) mass is 462 g/mol. The number of aromatic amines is 1. The summed E-state index contributed by atoms with van der Waals surface area (Å²) < 4.78 is 7.33.